The maximum Gasteiger partial charge on any atom is 0.327 e. The monoisotopic (exact) mass is 158 g/mol. The third-order valence-electron chi connectivity index (χ3n) is 2.39. The first-order valence-electron chi connectivity index (χ1n) is 3.29. The third kappa shape index (κ3) is 0.692. The minimum absolute atomic E-state index is 0.657. The molecule has 1 atom stereocenters. The van der Waals surface area contributed by atoms with Crippen LogP contribution in [-0.4, -0.2) is 22.6 Å². The van der Waals surface area contributed by atoms with E-state index in [2.05, 4.69) is 4.74 Å². The summed E-state index contributed by atoms with van der Waals surface area (Å²) in [5, 5.41) is 8.70. The minimum atomic E-state index is -1.37. The molecule has 1 rings (SSSR count). The summed E-state index contributed by atoms with van der Waals surface area (Å²) in [7, 11) is 0. The highest BCUT2D eigenvalue weighted by molar-refractivity contribution is 6.04. The van der Waals surface area contributed by atoms with Gasteiger partial charge in [-0.3, -0.25) is 9.59 Å². The van der Waals surface area contributed by atoms with Crippen molar-refractivity contribution in [2.75, 3.05) is 0 Å². The van der Waals surface area contributed by atoms with Gasteiger partial charge in [0.25, 0.3) is 0 Å². The van der Waals surface area contributed by atoms with Crippen LogP contribution in [0.5, 0.6) is 0 Å². The van der Waals surface area contributed by atoms with Crippen LogP contribution in [0.3, 0.4) is 0 Å². The molecule has 0 saturated carbocycles. The van der Waals surface area contributed by atoms with Gasteiger partial charge in [0.1, 0.15) is 5.60 Å². The van der Waals surface area contributed by atoms with Crippen LogP contribution in [0, 0.1) is 5.41 Å². The molecule has 1 fully saturated rings. The Morgan fingerprint density at radius 2 is 1.91 bits per heavy atom. The van der Waals surface area contributed by atoms with Crippen molar-refractivity contribution in [3.8, 4) is 0 Å². The zero-order valence-corrected chi connectivity index (χ0v) is 6.67. The van der Waals surface area contributed by atoms with Crippen molar-refractivity contribution >= 4 is 11.9 Å². The number of rotatable bonds is 1. The lowest BCUT2D eigenvalue weighted by Gasteiger charge is -2.47. The molecule has 0 radical (unpaired) electrons. The zero-order chi connectivity index (χ0) is 8.86. The lowest BCUT2D eigenvalue weighted by molar-refractivity contribution is -0.233. The van der Waals surface area contributed by atoms with Crippen molar-refractivity contribution in [3.63, 3.8) is 0 Å². The van der Waals surface area contributed by atoms with Gasteiger partial charge in [-0.1, -0.05) is 0 Å². The van der Waals surface area contributed by atoms with Gasteiger partial charge in [0.2, 0.25) is 5.41 Å². The molecule has 0 aromatic rings. The molecule has 4 heteroatoms. The maximum atomic E-state index is 10.8. The zero-order valence-electron chi connectivity index (χ0n) is 6.67. The number of carbonyl (C=O) groups is 2. The van der Waals surface area contributed by atoms with Gasteiger partial charge in [-0.2, -0.15) is 0 Å². The number of ether oxygens (including phenoxy) is 1. The van der Waals surface area contributed by atoms with Crippen LogP contribution in [0.1, 0.15) is 20.8 Å². The van der Waals surface area contributed by atoms with Crippen molar-refractivity contribution in [2.45, 2.75) is 26.4 Å². The molecule has 4 nitrogen and oxygen atoms in total. The van der Waals surface area contributed by atoms with E-state index < -0.39 is 23.0 Å². The first-order valence-corrected chi connectivity index (χ1v) is 3.29. The standard InChI is InChI=1S/C7H10O4/c1-6(2)7(3,4(8)9)5(10)11-6/h1-3H3,(H,8,9). The van der Waals surface area contributed by atoms with Crippen molar-refractivity contribution in [1.82, 2.24) is 0 Å². The van der Waals surface area contributed by atoms with Crippen LogP contribution in [0.25, 0.3) is 0 Å². The number of esters is 1. The Kier molecular flexibility index (Phi) is 1.28. The van der Waals surface area contributed by atoms with E-state index >= 15 is 0 Å². The topological polar surface area (TPSA) is 63.6 Å². The summed E-state index contributed by atoms with van der Waals surface area (Å²) < 4.78 is 4.68. The maximum absolute atomic E-state index is 10.8. The second kappa shape index (κ2) is 1.75. The van der Waals surface area contributed by atoms with Gasteiger partial charge in [-0.05, 0) is 20.8 Å². The molecule has 1 aliphatic rings. The van der Waals surface area contributed by atoms with Gasteiger partial charge >= 0.3 is 11.9 Å². The average molecular weight is 158 g/mol. The average Bonchev–Trinajstić information content (AvgIpc) is 1.85. The first kappa shape index (κ1) is 8.04. The molecule has 0 aromatic carbocycles. The molecule has 0 amide bonds. The number of cyclic esters (lactones) is 1. The molecule has 1 N–H and O–H groups in total. The minimum Gasteiger partial charge on any atom is -0.480 e. The Morgan fingerprint density at radius 3 is 2.00 bits per heavy atom. The predicted molar refractivity (Wildman–Crippen MR) is 35.9 cm³/mol. The van der Waals surface area contributed by atoms with Gasteiger partial charge in [-0.25, -0.2) is 0 Å². The normalized spacial score (nSPS) is 33.9. The summed E-state index contributed by atoms with van der Waals surface area (Å²) >= 11 is 0. The van der Waals surface area contributed by atoms with Gasteiger partial charge in [-0.15, -0.1) is 0 Å². The third-order valence-corrected chi connectivity index (χ3v) is 2.39. The largest absolute Gasteiger partial charge is 0.480 e. The fraction of sp³-hybridized carbons (Fsp3) is 0.714. The van der Waals surface area contributed by atoms with Crippen molar-refractivity contribution in [3.05, 3.63) is 0 Å². The predicted octanol–water partition coefficient (Wildman–Crippen LogP) is 0.413. The number of carbonyl (C=O) groups excluding carboxylic acids is 1. The highest BCUT2D eigenvalue weighted by Gasteiger charge is 2.66. The summed E-state index contributed by atoms with van der Waals surface area (Å²) in [6, 6.07) is 0. The van der Waals surface area contributed by atoms with Crippen LogP contribution >= 0.6 is 0 Å². The lowest BCUT2D eigenvalue weighted by atomic mass is 9.70. The summed E-state index contributed by atoms with van der Waals surface area (Å²) in [5.74, 6) is -1.78. The van der Waals surface area contributed by atoms with Gasteiger partial charge in [0.05, 0.1) is 0 Å². The molecule has 1 unspecified atom stereocenters. The molecular weight excluding hydrogens is 148 g/mol. The molecule has 11 heavy (non-hydrogen) atoms. The van der Waals surface area contributed by atoms with Crippen LogP contribution in [0.2, 0.25) is 0 Å². The molecule has 1 heterocycles. The second-order valence-corrected chi connectivity index (χ2v) is 3.33. The molecule has 1 aliphatic heterocycles. The Bertz CT molecular complexity index is 221. The summed E-state index contributed by atoms with van der Waals surface area (Å²) in [6.07, 6.45) is 0. The summed E-state index contributed by atoms with van der Waals surface area (Å²) in [6.45, 7) is 4.55. The highest BCUT2D eigenvalue weighted by Crippen LogP contribution is 2.45. The highest BCUT2D eigenvalue weighted by atomic mass is 16.6. The number of aliphatic carboxylic acids is 1. The van der Waals surface area contributed by atoms with E-state index in [0.717, 1.165) is 0 Å². The van der Waals surface area contributed by atoms with E-state index in [9.17, 15) is 9.59 Å². The van der Waals surface area contributed by atoms with E-state index in [-0.39, 0.29) is 0 Å². The molecular formula is C7H10O4. The van der Waals surface area contributed by atoms with E-state index in [1.807, 2.05) is 0 Å². The summed E-state index contributed by atoms with van der Waals surface area (Å²) in [5.41, 5.74) is -2.25. The van der Waals surface area contributed by atoms with Crippen molar-refractivity contribution in [1.29, 1.82) is 0 Å². The first-order chi connectivity index (χ1) is 4.82. The quantitative estimate of drug-likeness (QED) is 0.443. The molecule has 62 valence electrons. The molecule has 0 aromatic heterocycles. The SMILES string of the molecule is CC1(C)OC(=O)C1(C)C(=O)O. The summed E-state index contributed by atoms with van der Waals surface area (Å²) in [4.78, 5) is 21.4. The van der Waals surface area contributed by atoms with Gasteiger partial charge < -0.3 is 9.84 Å². The Labute approximate surface area is 64.2 Å². The Morgan fingerprint density at radius 1 is 1.45 bits per heavy atom. The number of carboxylic acids is 1. The van der Waals surface area contributed by atoms with Gasteiger partial charge in [0.15, 0.2) is 0 Å². The van der Waals surface area contributed by atoms with E-state index in [4.69, 9.17) is 5.11 Å². The van der Waals surface area contributed by atoms with E-state index in [1.54, 1.807) is 13.8 Å². The smallest absolute Gasteiger partial charge is 0.327 e. The molecule has 0 spiro atoms. The van der Waals surface area contributed by atoms with E-state index in [1.165, 1.54) is 6.92 Å². The van der Waals surface area contributed by atoms with Gasteiger partial charge in [0, 0.05) is 0 Å². The fourth-order valence-electron chi connectivity index (χ4n) is 0.980. The second-order valence-electron chi connectivity index (χ2n) is 3.33. The number of carboxylic acid groups (broad SMARTS) is 1. The van der Waals surface area contributed by atoms with E-state index in [0.29, 0.717) is 0 Å². The van der Waals surface area contributed by atoms with Crippen LogP contribution in [-0.2, 0) is 14.3 Å². The fourth-order valence-corrected chi connectivity index (χ4v) is 0.980. The lowest BCUT2D eigenvalue weighted by Crippen LogP contribution is -2.65. The number of hydrogen-bond acceptors (Lipinski definition) is 3. The Hall–Kier alpha value is -1.06. The Balaban J connectivity index is 3.01. The van der Waals surface area contributed by atoms with Crippen LogP contribution < -0.4 is 0 Å². The van der Waals surface area contributed by atoms with Crippen LogP contribution in [0.15, 0.2) is 0 Å². The van der Waals surface area contributed by atoms with Crippen molar-refractivity contribution in [2.24, 2.45) is 5.41 Å². The number of hydrogen-bond donors (Lipinski definition) is 1. The van der Waals surface area contributed by atoms with Crippen molar-refractivity contribution < 1.29 is 19.4 Å². The molecule has 1 saturated heterocycles. The molecule has 0 aliphatic carbocycles. The molecule has 0 bridgehead atoms. The van der Waals surface area contributed by atoms with Crippen LogP contribution in [0.4, 0.5) is 0 Å².